The van der Waals surface area contributed by atoms with Crippen molar-refractivity contribution in [1.29, 1.82) is 0 Å². The Kier molecular flexibility index (Phi) is 16.9. The Morgan fingerprint density at radius 1 is 1.19 bits per heavy atom. The molecule has 2 amide bonds. The van der Waals surface area contributed by atoms with E-state index in [4.69, 9.17) is 14.5 Å². The summed E-state index contributed by atoms with van der Waals surface area (Å²) in [7, 11) is 3.57. The van der Waals surface area contributed by atoms with Crippen molar-refractivity contribution in [2.24, 2.45) is 16.8 Å². The second kappa shape index (κ2) is 21.3. The number of aromatic nitrogens is 1. The molecule has 4 atom stereocenters. The molecule has 0 spiro atoms. The van der Waals surface area contributed by atoms with Crippen molar-refractivity contribution >= 4 is 59.9 Å². The van der Waals surface area contributed by atoms with Gasteiger partial charge >= 0.3 is 0 Å². The van der Waals surface area contributed by atoms with Crippen molar-refractivity contribution < 1.29 is 23.9 Å². The number of carbonyl (C=O) groups is 3. The van der Waals surface area contributed by atoms with Gasteiger partial charge in [-0.15, -0.1) is 11.3 Å². The highest BCUT2D eigenvalue weighted by molar-refractivity contribution is 8.00. The van der Waals surface area contributed by atoms with Gasteiger partial charge < -0.3 is 24.5 Å². The van der Waals surface area contributed by atoms with Gasteiger partial charge in [0.15, 0.2) is 0 Å². The van der Waals surface area contributed by atoms with Gasteiger partial charge in [-0.05, 0) is 101 Å². The molecule has 1 N–H and O–H groups in total. The van der Waals surface area contributed by atoms with Crippen molar-refractivity contribution in [3.8, 4) is 5.75 Å². The summed E-state index contributed by atoms with van der Waals surface area (Å²) < 4.78 is 12.2. The average molecular weight is 751 g/mol. The fraction of sp³-hybridized carbons (Fsp3) is 0.585. The summed E-state index contributed by atoms with van der Waals surface area (Å²) in [6.45, 7) is 10.9. The number of aldehydes is 1. The Hall–Kier alpha value is -3.44. The average Bonchev–Trinajstić information content (AvgIpc) is 3.44. The van der Waals surface area contributed by atoms with Gasteiger partial charge in [0.05, 0.1) is 29.6 Å². The van der Waals surface area contributed by atoms with Crippen LogP contribution >= 0.6 is 23.1 Å². The van der Waals surface area contributed by atoms with Crippen molar-refractivity contribution in [3.63, 3.8) is 0 Å². The fourth-order valence-corrected chi connectivity index (χ4v) is 8.50. The van der Waals surface area contributed by atoms with Gasteiger partial charge in [0, 0.05) is 59.5 Å². The van der Waals surface area contributed by atoms with Crippen molar-refractivity contribution in [3.05, 3.63) is 57.6 Å². The maximum absolute atomic E-state index is 13.3. The summed E-state index contributed by atoms with van der Waals surface area (Å²) >= 11 is 3.46. The van der Waals surface area contributed by atoms with E-state index in [1.54, 1.807) is 30.2 Å². The van der Waals surface area contributed by atoms with Crippen LogP contribution in [0.2, 0.25) is 0 Å². The largest absolute Gasteiger partial charge is 0.496 e. The third-order valence-corrected chi connectivity index (χ3v) is 12.3. The zero-order chi connectivity index (χ0) is 37.5. The third kappa shape index (κ3) is 12.3. The number of carbonyl (C=O) groups excluding carboxylic acids is 3. The Morgan fingerprint density at radius 3 is 2.65 bits per heavy atom. The number of amides is 2. The van der Waals surface area contributed by atoms with Gasteiger partial charge in [-0.2, -0.15) is 11.8 Å². The molecule has 3 aliphatic rings. The van der Waals surface area contributed by atoms with Gasteiger partial charge in [-0.25, -0.2) is 4.98 Å². The topological polar surface area (TPSA) is 110 Å². The molecule has 1 aromatic carbocycles. The predicted octanol–water partition coefficient (Wildman–Crippen LogP) is 8.47. The van der Waals surface area contributed by atoms with Crippen LogP contribution in [-0.4, -0.2) is 79.1 Å². The number of hydrogen-bond donors (Lipinski definition) is 1. The lowest BCUT2D eigenvalue weighted by Crippen LogP contribution is -2.33. The minimum absolute atomic E-state index is 0.0366. The Morgan fingerprint density at radius 2 is 2.00 bits per heavy atom. The van der Waals surface area contributed by atoms with E-state index in [-0.39, 0.29) is 17.9 Å². The van der Waals surface area contributed by atoms with Gasteiger partial charge in [-0.3, -0.25) is 14.6 Å². The highest BCUT2D eigenvalue weighted by Gasteiger charge is 2.34. The molecule has 1 heterocycles. The second-order valence-corrected chi connectivity index (χ2v) is 16.6. The Balaban J connectivity index is 0.000000666. The lowest BCUT2D eigenvalue weighted by Gasteiger charge is -2.23. The van der Waals surface area contributed by atoms with Crippen LogP contribution in [0.15, 0.2) is 40.7 Å². The monoisotopic (exact) mass is 750 g/mol. The van der Waals surface area contributed by atoms with Crippen LogP contribution in [0.3, 0.4) is 0 Å². The summed E-state index contributed by atoms with van der Waals surface area (Å²) in [5.41, 5.74) is 3.63. The number of nitrogens with zero attached hydrogens (tertiary/aromatic N) is 3. The standard InChI is InChI=1S/C35H48N4O4S.C6H10OS/c1-23(2)30-21-44-33(38-30)17-16-32(28-14-15-31(42-6)24(3)34(28)36-4)43-27-13-12-26(19-27)35(41)39(5)18-10-8-7-9-11-25-20-29(25)37-22-40;7-4-5-8-6-2-1-3-6/h9,11,14-16,21-23,25-27,29H,4,7-8,10,12-13,17-20H2,1-3,5-6H3,(H,37,40);4,6H,1-3,5H2/b11-9-,32-16+;. The summed E-state index contributed by atoms with van der Waals surface area (Å²) in [6.07, 6.45) is 19.3. The molecule has 0 radical (unpaired) electrons. The number of thioether (sulfide) groups is 1. The van der Waals surface area contributed by atoms with Crippen LogP contribution in [0.1, 0.15) is 106 Å². The SMILES string of the molecule is C=Nc1c(/C(=C\Cc2nc(C(C)C)cs2)OC2CCC(C(=O)N(C)CCCC/C=C\C3CC3NC=O)C2)ccc(OC)c1C.O=CCSC1CCC1. The number of allylic oxidation sites excluding steroid dienone is 2. The van der Waals surface area contributed by atoms with E-state index in [9.17, 15) is 14.4 Å². The molecule has 284 valence electrons. The first-order chi connectivity index (χ1) is 25.2. The van der Waals surface area contributed by atoms with Gasteiger partial charge in [-0.1, -0.05) is 32.4 Å². The molecule has 0 bridgehead atoms. The number of nitrogens with one attached hydrogen (secondary N) is 1. The van der Waals surface area contributed by atoms with Crippen molar-refractivity contribution in [2.45, 2.75) is 115 Å². The molecule has 3 fully saturated rings. The van der Waals surface area contributed by atoms with Crippen molar-refractivity contribution in [2.75, 3.05) is 26.5 Å². The van der Waals surface area contributed by atoms with Crippen LogP contribution in [0.4, 0.5) is 5.69 Å². The van der Waals surface area contributed by atoms with Crippen LogP contribution in [0, 0.1) is 18.8 Å². The molecule has 0 aliphatic heterocycles. The van der Waals surface area contributed by atoms with E-state index in [0.29, 0.717) is 36.5 Å². The lowest BCUT2D eigenvalue weighted by atomic mass is 10.0. The minimum atomic E-state index is -0.0590. The molecule has 11 heteroatoms. The lowest BCUT2D eigenvalue weighted by molar-refractivity contribution is -0.134. The molecule has 0 saturated heterocycles. The predicted molar refractivity (Wildman–Crippen MR) is 215 cm³/mol. The first-order valence-electron chi connectivity index (χ1n) is 18.8. The first kappa shape index (κ1) is 41.3. The van der Waals surface area contributed by atoms with E-state index in [2.05, 4.69) is 54.5 Å². The Bertz CT molecular complexity index is 1530. The number of aliphatic imine (C=N–C) groups is 1. The van der Waals surface area contributed by atoms with Crippen LogP contribution < -0.4 is 10.1 Å². The first-order valence-corrected chi connectivity index (χ1v) is 20.7. The number of hydrogen-bond acceptors (Lipinski definition) is 9. The van der Waals surface area contributed by atoms with Gasteiger partial charge in [0.25, 0.3) is 0 Å². The van der Waals surface area contributed by atoms with E-state index < -0.39 is 0 Å². The Labute approximate surface area is 319 Å². The van der Waals surface area contributed by atoms with Gasteiger partial charge in [0.1, 0.15) is 17.8 Å². The third-order valence-electron chi connectivity index (χ3n) is 10.1. The molecule has 5 rings (SSSR count). The number of ether oxygens (including phenoxy) is 2. The number of rotatable bonds is 20. The highest BCUT2D eigenvalue weighted by Crippen LogP contribution is 2.39. The van der Waals surface area contributed by atoms with E-state index in [0.717, 1.165) is 102 Å². The molecule has 9 nitrogen and oxygen atoms in total. The molecule has 4 unspecified atom stereocenters. The molecule has 1 aromatic heterocycles. The van der Waals surface area contributed by atoms with Crippen LogP contribution in [0.5, 0.6) is 5.75 Å². The molecule has 52 heavy (non-hydrogen) atoms. The second-order valence-electron chi connectivity index (χ2n) is 14.3. The molecule has 2 aromatic rings. The zero-order valence-electron chi connectivity index (χ0n) is 31.7. The molecular formula is C41H58N4O5S2. The number of benzene rings is 1. The van der Waals surface area contributed by atoms with Crippen LogP contribution in [-0.2, 0) is 25.5 Å². The van der Waals surface area contributed by atoms with E-state index in [1.807, 2.05) is 31.0 Å². The van der Waals surface area contributed by atoms with E-state index in [1.165, 1.54) is 19.3 Å². The summed E-state index contributed by atoms with van der Waals surface area (Å²) in [5.74, 6) is 3.24. The summed E-state index contributed by atoms with van der Waals surface area (Å²) in [5, 5.41) is 6.81. The van der Waals surface area contributed by atoms with Crippen LogP contribution in [0.25, 0.3) is 5.76 Å². The summed E-state index contributed by atoms with van der Waals surface area (Å²) in [6, 6.07) is 4.24. The molecular weight excluding hydrogens is 693 g/mol. The fourth-order valence-electron chi connectivity index (χ4n) is 6.57. The number of methoxy groups -OCH3 is 1. The van der Waals surface area contributed by atoms with E-state index >= 15 is 0 Å². The summed E-state index contributed by atoms with van der Waals surface area (Å²) in [4.78, 5) is 44.7. The van der Waals surface area contributed by atoms with Crippen molar-refractivity contribution in [1.82, 2.24) is 15.2 Å². The number of unbranched alkanes of at least 4 members (excludes halogenated alkanes) is 2. The van der Waals surface area contributed by atoms with Gasteiger partial charge in [0.2, 0.25) is 12.3 Å². The highest BCUT2D eigenvalue weighted by atomic mass is 32.2. The number of thiazole rings is 1. The zero-order valence-corrected chi connectivity index (χ0v) is 33.3. The molecule has 3 aliphatic carbocycles. The normalized spacial score (nSPS) is 21.2. The molecule has 3 saturated carbocycles. The minimum Gasteiger partial charge on any atom is -0.496 e. The maximum Gasteiger partial charge on any atom is 0.225 e. The quantitative estimate of drug-likeness (QED) is 0.0476. The smallest absolute Gasteiger partial charge is 0.225 e. The maximum atomic E-state index is 13.3.